The van der Waals surface area contributed by atoms with Crippen LogP contribution in [-0.2, 0) is 9.05 Å². The van der Waals surface area contributed by atoms with Gasteiger partial charge in [0.1, 0.15) is 22.8 Å². The highest BCUT2D eigenvalue weighted by atomic mass is 35.7. The third-order valence-corrected chi connectivity index (χ3v) is 5.06. The van der Waals surface area contributed by atoms with Crippen molar-refractivity contribution in [2.75, 3.05) is 13.7 Å². The summed E-state index contributed by atoms with van der Waals surface area (Å²) < 4.78 is 34.2. The predicted octanol–water partition coefficient (Wildman–Crippen LogP) is 2.92. The highest BCUT2D eigenvalue weighted by Gasteiger charge is 2.18. The van der Waals surface area contributed by atoms with Crippen LogP contribution in [0.3, 0.4) is 0 Å². The van der Waals surface area contributed by atoms with Gasteiger partial charge in [-0.15, -0.1) is 0 Å². The zero-order valence-corrected chi connectivity index (χ0v) is 15.5. The van der Waals surface area contributed by atoms with E-state index in [4.69, 9.17) is 20.2 Å². The van der Waals surface area contributed by atoms with E-state index in [1.165, 1.54) is 25.3 Å². The lowest BCUT2D eigenvalue weighted by molar-refractivity contribution is 0.341. The van der Waals surface area contributed by atoms with E-state index in [1.807, 2.05) is 0 Å². The number of ether oxygens (including phenoxy) is 2. The Morgan fingerprint density at radius 3 is 2.62 bits per heavy atom. The minimum Gasteiger partial charge on any atom is -0.494 e. The average Bonchev–Trinajstić information content (AvgIpc) is 2.61. The van der Waals surface area contributed by atoms with Crippen molar-refractivity contribution in [1.29, 1.82) is 0 Å². The van der Waals surface area contributed by atoms with E-state index in [-0.39, 0.29) is 16.3 Å². The molecule has 9 heteroatoms. The molecule has 2 aromatic carbocycles. The summed E-state index contributed by atoms with van der Waals surface area (Å²) >= 11 is 0. The van der Waals surface area contributed by atoms with E-state index in [2.05, 4.69) is 9.97 Å². The lowest BCUT2D eigenvalue weighted by Crippen LogP contribution is -2.11. The summed E-state index contributed by atoms with van der Waals surface area (Å²) in [6, 6.07) is 9.10. The zero-order chi connectivity index (χ0) is 18.9. The zero-order valence-electron chi connectivity index (χ0n) is 13.9. The third kappa shape index (κ3) is 3.38. The normalized spacial score (nSPS) is 11.5. The fourth-order valence-corrected chi connectivity index (χ4v) is 3.33. The summed E-state index contributed by atoms with van der Waals surface area (Å²) in [4.78, 5) is 19.4. The van der Waals surface area contributed by atoms with Gasteiger partial charge in [0.25, 0.3) is 14.6 Å². The molecule has 0 unspecified atom stereocenters. The van der Waals surface area contributed by atoms with Crippen LogP contribution in [0.2, 0.25) is 0 Å². The van der Waals surface area contributed by atoms with Gasteiger partial charge < -0.3 is 14.5 Å². The van der Waals surface area contributed by atoms with Crippen molar-refractivity contribution in [2.24, 2.45) is 0 Å². The van der Waals surface area contributed by atoms with Crippen molar-refractivity contribution in [3.63, 3.8) is 0 Å². The van der Waals surface area contributed by atoms with Gasteiger partial charge in [0.2, 0.25) is 0 Å². The number of halogens is 1. The maximum Gasteiger partial charge on any atom is 0.261 e. The maximum atomic E-state index is 12.5. The number of methoxy groups -OCH3 is 1. The number of rotatable bonds is 5. The van der Waals surface area contributed by atoms with Crippen molar-refractivity contribution in [1.82, 2.24) is 9.97 Å². The first kappa shape index (κ1) is 18.2. The van der Waals surface area contributed by atoms with E-state index in [0.29, 0.717) is 34.6 Å². The van der Waals surface area contributed by atoms with Crippen molar-refractivity contribution in [3.8, 4) is 22.9 Å². The van der Waals surface area contributed by atoms with Crippen LogP contribution in [0.1, 0.15) is 6.92 Å². The van der Waals surface area contributed by atoms with Gasteiger partial charge in [0.15, 0.2) is 0 Å². The summed E-state index contributed by atoms with van der Waals surface area (Å²) in [5.41, 5.74) is 0.277. The van der Waals surface area contributed by atoms with Crippen LogP contribution < -0.4 is 15.0 Å². The molecule has 26 heavy (non-hydrogen) atoms. The van der Waals surface area contributed by atoms with Gasteiger partial charge in [-0.3, -0.25) is 4.79 Å². The van der Waals surface area contributed by atoms with Crippen LogP contribution in [0.4, 0.5) is 0 Å². The SMILES string of the molecule is CCOc1ccc(S(=O)(=O)Cl)cc1-c1nc2c(OC)cccc2c(=O)[nH]1. The minimum absolute atomic E-state index is 0.125. The van der Waals surface area contributed by atoms with E-state index in [0.717, 1.165) is 0 Å². The molecule has 0 fully saturated rings. The smallest absolute Gasteiger partial charge is 0.261 e. The van der Waals surface area contributed by atoms with Crippen molar-refractivity contribution >= 4 is 30.6 Å². The molecule has 0 aliphatic carbocycles. The summed E-state index contributed by atoms with van der Waals surface area (Å²) in [7, 11) is 2.96. The van der Waals surface area contributed by atoms with Crippen LogP contribution in [0.5, 0.6) is 11.5 Å². The van der Waals surface area contributed by atoms with Crippen LogP contribution >= 0.6 is 10.7 Å². The number of benzene rings is 2. The maximum absolute atomic E-state index is 12.5. The van der Waals surface area contributed by atoms with E-state index in [1.54, 1.807) is 25.1 Å². The molecule has 3 aromatic rings. The van der Waals surface area contributed by atoms with Gasteiger partial charge in [-0.1, -0.05) is 6.07 Å². The summed E-state index contributed by atoms with van der Waals surface area (Å²) in [5.74, 6) is 0.945. The van der Waals surface area contributed by atoms with Gasteiger partial charge in [0.05, 0.1) is 29.6 Å². The molecule has 1 heterocycles. The Bertz CT molecular complexity index is 1140. The quantitative estimate of drug-likeness (QED) is 0.668. The van der Waals surface area contributed by atoms with Crippen LogP contribution in [0, 0.1) is 0 Å². The molecule has 0 aliphatic heterocycles. The monoisotopic (exact) mass is 394 g/mol. The molecule has 1 aromatic heterocycles. The molecule has 0 aliphatic rings. The second-order valence-corrected chi connectivity index (χ2v) is 7.87. The van der Waals surface area contributed by atoms with Gasteiger partial charge in [-0.25, -0.2) is 13.4 Å². The number of aromatic amines is 1. The number of hydrogen-bond acceptors (Lipinski definition) is 6. The molecule has 7 nitrogen and oxygen atoms in total. The number of hydrogen-bond donors (Lipinski definition) is 1. The topological polar surface area (TPSA) is 98.3 Å². The standard InChI is InChI=1S/C17H15ClN2O5S/c1-3-25-13-8-7-10(26(18,22)23)9-12(13)16-19-15-11(17(21)20-16)5-4-6-14(15)24-2/h4-9H,3H2,1-2H3,(H,19,20,21). The second-order valence-electron chi connectivity index (χ2n) is 5.30. The first-order valence-corrected chi connectivity index (χ1v) is 9.95. The molecule has 0 saturated carbocycles. The summed E-state index contributed by atoms with van der Waals surface area (Å²) in [5, 5.41) is 0.354. The molecule has 0 radical (unpaired) electrons. The Labute approximate surface area is 154 Å². The van der Waals surface area contributed by atoms with Gasteiger partial charge in [0, 0.05) is 10.7 Å². The lowest BCUT2D eigenvalue weighted by atomic mass is 10.1. The fourth-order valence-electron chi connectivity index (χ4n) is 2.55. The first-order valence-electron chi connectivity index (χ1n) is 7.64. The summed E-state index contributed by atoms with van der Waals surface area (Å²) in [6.07, 6.45) is 0. The number of nitrogens with one attached hydrogen (secondary N) is 1. The molecule has 0 amide bonds. The van der Waals surface area contributed by atoms with Crippen molar-refractivity contribution in [3.05, 3.63) is 46.8 Å². The molecule has 0 atom stereocenters. The highest BCUT2D eigenvalue weighted by Crippen LogP contribution is 2.32. The minimum atomic E-state index is -3.96. The van der Waals surface area contributed by atoms with Crippen LogP contribution in [0.25, 0.3) is 22.3 Å². The predicted molar refractivity (Wildman–Crippen MR) is 98.6 cm³/mol. The Morgan fingerprint density at radius 2 is 1.96 bits per heavy atom. The van der Waals surface area contributed by atoms with Gasteiger partial charge >= 0.3 is 0 Å². The highest BCUT2D eigenvalue weighted by molar-refractivity contribution is 8.13. The Balaban J connectivity index is 2.33. The average molecular weight is 395 g/mol. The molecular formula is C17H15ClN2O5S. The Morgan fingerprint density at radius 1 is 1.19 bits per heavy atom. The lowest BCUT2D eigenvalue weighted by Gasteiger charge is -2.12. The largest absolute Gasteiger partial charge is 0.494 e. The first-order chi connectivity index (χ1) is 12.3. The number of para-hydroxylation sites is 1. The third-order valence-electron chi connectivity index (χ3n) is 3.71. The second kappa shape index (κ2) is 6.97. The fraction of sp³-hybridized carbons (Fsp3) is 0.176. The number of fused-ring (bicyclic) bond motifs is 1. The molecular weight excluding hydrogens is 380 g/mol. The summed E-state index contributed by atoms with van der Waals surface area (Å²) in [6.45, 7) is 2.14. The molecule has 1 N–H and O–H groups in total. The molecule has 136 valence electrons. The number of nitrogens with zero attached hydrogens (tertiary/aromatic N) is 1. The van der Waals surface area contributed by atoms with E-state index >= 15 is 0 Å². The van der Waals surface area contributed by atoms with E-state index in [9.17, 15) is 13.2 Å². The Kier molecular flexibility index (Phi) is 4.88. The molecule has 0 saturated heterocycles. The number of H-pyrrole nitrogens is 1. The van der Waals surface area contributed by atoms with Crippen molar-refractivity contribution in [2.45, 2.75) is 11.8 Å². The Hall–Kier alpha value is -2.58. The molecule has 0 spiro atoms. The van der Waals surface area contributed by atoms with Gasteiger partial charge in [-0.2, -0.15) is 0 Å². The van der Waals surface area contributed by atoms with E-state index < -0.39 is 9.05 Å². The van der Waals surface area contributed by atoms with Crippen LogP contribution in [-0.4, -0.2) is 32.1 Å². The van der Waals surface area contributed by atoms with Crippen LogP contribution in [0.15, 0.2) is 46.1 Å². The van der Waals surface area contributed by atoms with Crippen molar-refractivity contribution < 1.29 is 17.9 Å². The molecule has 3 rings (SSSR count). The number of aromatic nitrogens is 2. The molecule has 0 bridgehead atoms. The van der Waals surface area contributed by atoms with Gasteiger partial charge in [-0.05, 0) is 37.3 Å².